The molecule has 0 aromatic heterocycles. The minimum Gasteiger partial charge on any atom is -0.497 e. The van der Waals surface area contributed by atoms with Crippen LogP contribution in [0.25, 0.3) is 11.8 Å². The summed E-state index contributed by atoms with van der Waals surface area (Å²) in [5.74, 6) is 0.782. The predicted octanol–water partition coefficient (Wildman–Crippen LogP) is 3.59. The second-order valence-electron chi connectivity index (χ2n) is 5.38. The molecule has 7 nitrogen and oxygen atoms in total. The zero-order chi connectivity index (χ0) is 18.7. The van der Waals surface area contributed by atoms with Crippen molar-refractivity contribution < 1.29 is 23.9 Å². The number of rotatable bonds is 5. The Labute approximate surface area is 149 Å². The number of carbonyl (C=O) groups excluding carboxylic acids is 1. The Kier molecular flexibility index (Phi) is 4.70. The van der Waals surface area contributed by atoms with Crippen molar-refractivity contribution >= 4 is 23.5 Å². The largest absolute Gasteiger partial charge is 0.497 e. The molecule has 1 aliphatic rings. The Morgan fingerprint density at radius 3 is 2.58 bits per heavy atom. The fourth-order valence-corrected chi connectivity index (χ4v) is 2.57. The van der Waals surface area contributed by atoms with E-state index >= 15 is 0 Å². The van der Waals surface area contributed by atoms with Gasteiger partial charge in [0.05, 0.1) is 35.8 Å². The zero-order valence-corrected chi connectivity index (χ0v) is 14.1. The van der Waals surface area contributed by atoms with Crippen LogP contribution in [0.1, 0.15) is 11.1 Å². The molecular formula is C19H15NO6. The third-order valence-corrected chi connectivity index (χ3v) is 3.84. The number of hydrogen-bond donors (Lipinski definition) is 0. The Morgan fingerprint density at radius 2 is 1.88 bits per heavy atom. The van der Waals surface area contributed by atoms with Gasteiger partial charge in [0, 0.05) is 6.07 Å². The minimum absolute atomic E-state index is 0.0892. The van der Waals surface area contributed by atoms with E-state index in [0.717, 1.165) is 0 Å². The first-order valence-corrected chi connectivity index (χ1v) is 7.65. The molecule has 132 valence electrons. The van der Waals surface area contributed by atoms with Crippen LogP contribution in [0.15, 0.2) is 54.1 Å². The zero-order valence-electron chi connectivity index (χ0n) is 14.1. The molecule has 3 rings (SSSR count). The summed E-state index contributed by atoms with van der Waals surface area (Å²) < 4.78 is 15.8. The van der Waals surface area contributed by atoms with E-state index in [1.165, 1.54) is 32.4 Å². The maximum Gasteiger partial charge on any atom is 0.343 e. The van der Waals surface area contributed by atoms with Gasteiger partial charge < -0.3 is 14.2 Å². The molecule has 0 fully saturated rings. The smallest absolute Gasteiger partial charge is 0.343 e. The van der Waals surface area contributed by atoms with Gasteiger partial charge in [-0.05, 0) is 36.4 Å². The molecular weight excluding hydrogens is 338 g/mol. The van der Waals surface area contributed by atoms with E-state index in [1.54, 1.807) is 36.4 Å². The number of methoxy groups -OCH3 is 2. The van der Waals surface area contributed by atoms with Gasteiger partial charge in [0.15, 0.2) is 0 Å². The van der Waals surface area contributed by atoms with Crippen LogP contribution in [0.5, 0.6) is 11.5 Å². The van der Waals surface area contributed by atoms with Crippen molar-refractivity contribution in [1.29, 1.82) is 0 Å². The topological polar surface area (TPSA) is 87.9 Å². The average molecular weight is 353 g/mol. The second kappa shape index (κ2) is 7.10. The van der Waals surface area contributed by atoms with Gasteiger partial charge in [0.25, 0.3) is 5.69 Å². The number of esters is 1. The monoisotopic (exact) mass is 353 g/mol. The quantitative estimate of drug-likeness (QED) is 0.353. The highest BCUT2D eigenvalue weighted by atomic mass is 16.6. The molecule has 0 atom stereocenters. The molecule has 0 bridgehead atoms. The molecule has 0 unspecified atom stereocenters. The van der Waals surface area contributed by atoms with Gasteiger partial charge in [-0.15, -0.1) is 0 Å². The van der Waals surface area contributed by atoms with Gasteiger partial charge in [-0.2, -0.15) is 0 Å². The SMILES string of the molecule is COc1ccc(OC)c(C2=C/C(=C/c3ccccc3[N+](=O)[O-])C(=O)O2)c1. The van der Waals surface area contributed by atoms with Crippen molar-refractivity contribution in [2.45, 2.75) is 0 Å². The molecule has 0 amide bonds. The summed E-state index contributed by atoms with van der Waals surface area (Å²) in [4.78, 5) is 22.8. The van der Waals surface area contributed by atoms with E-state index < -0.39 is 10.9 Å². The fourth-order valence-electron chi connectivity index (χ4n) is 2.57. The van der Waals surface area contributed by atoms with Gasteiger partial charge in [-0.1, -0.05) is 12.1 Å². The lowest BCUT2D eigenvalue weighted by Crippen LogP contribution is -1.99. The lowest BCUT2D eigenvalue weighted by molar-refractivity contribution is -0.385. The number of nitro groups is 1. The lowest BCUT2D eigenvalue weighted by atomic mass is 10.1. The summed E-state index contributed by atoms with van der Waals surface area (Å²) in [6.45, 7) is 0. The van der Waals surface area contributed by atoms with Crippen LogP contribution in [0.4, 0.5) is 5.69 Å². The maximum atomic E-state index is 12.2. The number of hydrogen-bond acceptors (Lipinski definition) is 6. The van der Waals surface area contributed by atoms with E-state index in [0.29, 0.717) is 22.6 Å². The van der Waals surface area contributed by atoms with Crippen LogP contribution in [-0.2, 0) is 9.53 Å². The molecule has 0 saturated carbocycles. The van der Waals surface area contributed by atoms with Crippen molar-refractivity contribution in [3.05, 3.63) is 75.4 Å². The Hall–Kier alpha value is -3.61. The molecule has 1 aliphatic heterocycles. The van der Waals surface area contributed by atoms with Crippen molar-refractivity contribution in [3.63, 3.8) is 0 Å². The van der Waals surface area contributed by atoms with Gasteiger partial charge in [-0.3, -0.25) is 10.1 Å². The molecule has 2 aromatic rings. The normalized spacial score (nSPS) is 14.8. The number of para-hydroxylation sites is 1. The van der Waals surface area contributed by atoms with E-state index in [-0.39, 0.29) is 17.0 Å². The molecule has 2 aromatic carbocycles. The molecule has 7 heteroatoms. The number of cyclic esters (lactones) is 1. The Balaban J connectivity index is 2.04. The molecule has 0 aliphatic carbocycles. The maximum absolute atomic E-state index is 12.2. The number of nitrogens with zero attached hydrogens (tertiary/aromatic N) is 1. The Morgan fingerprint density at radius 1 is 1.12 bits per heavy atom. The second-order valence-corrected chi connectivity index (χ2v) is 5.38. The highest BCUT2D eigenvalue weighted by Gasteiger charge is 2.25. The molecule has 0 N–H and O–H groups in total. The third-order valence-electron chi connectivity index (χ3n) is 3.84. The highest BCUT2D eigenvalue weighted by molar-refractivity contribution is 6.05. The number of carbonyl (C=O) groups is 1. The van der Waals surface area contributed by atoms with Crippen molar-refractivity contribution in [1.82, 2.24) is 0 Å². The summed E-state index contributed by atoms with van der Waals surface area (Å²) in [7, 11) is 3.03. The first kappa shape index (κ1) is 17.2. The van der Waals surface area contributed by atoms with Crippen LogP contribution in [0, 0.1) is 10.1 Å². The van der Waals surface area contributed by atoms with Gasteiger partial charge in [0.1, 0.15) is 17.3 Å². The molecule has 0 radical (unpaired) electrons. The third kappa shape index (κ3) is 3.27. The van der Waals surface area contributed by atoms with Crippen molar-refractivity contribution in [3.8, 4) is 11.5 Å². The van der Waals surface area contributed by atoms with E-state index in [4.69, 9.17) is 14.2 Å². The first-order chi connectivity index (χ1) is 12.5. The Bertz CT molecular complexity index is 945. The standard InChI is InChI=1S/C19H15NO6/c1-24-14-7-8-17(25-2)15(11-14)18-10-13(19(21)26-18)9-12-5-3-4-6-16(12)20(22)23/h3-11H,1-2H3/b13-9-. The van der Waals surface area contributed by atoms with Crippen LogP contribution < -0.4 is 9.47 Å². The summed E-state index contributed by atoms with van der Waals surface area (Å²) >= 11 is 0. The number of ether oxygens (including phenoxy) is 3. The number of nitro benzene ring substituents is 1. The molecule has 0 spiro atoms. The van der Waals surface area contributed by atoms with Gasteiger partial charge in [-0.25, -0.2) is 4.79 Å². The van der Waals surface area contributed by atoms with E-state index in [9.17, 15) is 14.9 Å². The lowest BCUT2D eigenvalue weighted by Gasteiger charge is -2.10. The minimum atomic E-state index is -0.594. The van der Waals surface area contributed by atoms with Crippen molar-refractivity contribution in [2.75, 3.05) is 14.2 Å². The summed E-state index contributed by atoms with van der Waals surface area (Å²) in [6.07, 6.45) is 2.95. The molecule has 26 heavy (non-hydrogen) atoms. The summed E-state index contributed by atoms with van der Waals surface area (Å²) in [5, 5.41) is 11.1. The van der Waals surface area contributed by atoms with Gasteiger partial charge >= 0.3 is 5.97 Å². The number of benzene rings is 2. The van der Waals surface area contributed by atoms with E-state index in [1.807, 2.05) is 0 Å². The first-order valence-electron chi connectivity index (χ1n) is 7.65. The molecule has 0 saturated heterocycles. The molecule has 1 heterocycles. The summed E-state index contributed by atoms with van der Waals surface area (Å²) in [5.41, 5.74) is 0.985. The fraction of sp³-hybridized carbons (Fsp3) is 0.105. The predicted molar refractivity (Wildman–Crippen MR) is 94.7 cm³/mol. The van der Waals surface area contributed by atoms with Crippen molar-refractivity contribution in [2.24, 2.45) is 0 Å². The van der Waals surface area contributed by atoms with E-state index in [2.05, 4.69) is 0 Å². The van der Waals surface area contributed by atoms with Gasteiger partial charge in [0.2, 0.25) is 0 Å². The van der Waals surface area contributed by atoms with Crippen LogP contribution >= 0.6 is 0 Å². The summed E-state index contributed by atoms with van der Waals surface area (Å²) in [6, 6.07) is 11.3. The van der Waals surface area contributed by atoms with Crippen LogP contribution in [0.2, 0.25) is 0 Å². The highest BCUT2D eigenvalue weighted by Crippen LogP contribution is 2.35. The average Bonchev–Trinajstić information content (AvgIpc) is 3.01. The van der Waals surface area contributed by atoms with Crippen LogP contribution in [-0.4, -0.2) is 25.1 Å². The van der Waals surface area contributed by atoms with Crippen LogP contribution in [0.3, 0.4) is 0 Å².